The van der Waals surface area contributed by atoms with E-state index in [4.69, 9.17) is 28.4 Å². The van der Waals surface area contributed by atoms with E-state index in [1.165, 1.54) is 0 Å². The van der Waals surface area contributed by atoms with E-state index in [0.717, 1.165) is 78.5 Å². The number of rotatable bonds is 28. The van der Waals surface area contributed by atoms with Gasteiger partial charge in [0.25, 0.3) is 0 Å². The molecule has 3 rings (SSSR count). The molecule has 0 aromatic carbocycles. The summed E-state index contributed by atoms with van der Waals surface area (Å²) in [5.41, 5.74) is 0. The first-order valence-corrected chi connectivity index (χ1v) is 19.7. The molecule has 3 saturated heterocycles. The van der Waals surface area contributed by atoms with Gasteiger partial charge in [0.1, 0.15) is 0 Å². The third-order valence-electron chi connectivity index (χ3n) is 9.46. The third kappa shape index (κ3) is 21.5. The molecule has 0 aromatic heterocycles. The van der Waals surface area contributed by atoms with Crippen LogP contribution in [0.15, 0.2) is 0 Å². The summed E-state index contributed by atoms with van der Waals surface area (Å²) in [6.45, 7) is 23.5. The summed E-state index contributed by atoms with van der Waals surface area (Å²) in [6.07, 6.45) is -2.77. The van der Waals surface area contributed by atoms with Gasteiger partial charge in [0.05, 0.1) is 102 Å². The van der Waals surface area contributed by atoms with Gasteiger partial charge in [0.2, 0.25) is 0 Å². The number of nitrogens with one attached hydrogen (secondary N) is 2. The summed E-state index contributed by atoms with van der Waals surface area (Å²) in [4.78, 5) is 8.93. The van der Waals surface area contributed by atoms with Crippen molar-refractivity contribution in [1.82, 2.24) is 30.2 Å². The Bertz CT molecular complexity index is 801. The number of nitrogens with zero attached hydrogens (tertiary/aromatic N) is 4. The maximum absolute atomic E-state index is 10.5. The van der Waals surface area contributed by atoms with Gasteiger partial charge in [-0.1, -0.05) is 0 Å². The second-order valence-corrected chi connectivity index (χ2v) is 15.0. The van der Waals surface area contributed by atoms with Gasteiger partial charge in [-0.25, -0.2) is 0 Å². The zero-order chi connectivity index (χ0) is 37.6. The minimum atomic E-state index is -0.593. The van der Waals surface area contributed by atoms with Gasteiger partial charge in [0.15, 0.2) is 0 Å². The molecule has 3 fully saturated rings. The van der Waals surface area contributed by atoms with Crippen LogP contribution in [-0.4, -0.2) is 246 Å². The van der Waals surface area contributed by atoms with Crippen LogP contribution in [0, 0.1) is 0 Å². The van der Waals surface area contributed by atoms with E-state index in [2.05, 4.69) is 30.2 Å². The van der Waals surface area contributed by atoms with Crippen molar-refractivity contribution in [2.75, 3.05) is 158 Å². The van der Waals surface area contributed by atoms with Crippen molar-refractivity contribution in [3.8, 4) is 0 Å². The molecule has 16 heteroatoms. The highest BCUT2D eigenvalue weighted by molar-refractivity contribution is 4.77. The van der Waals surface area contributed by atoms with Crippen molar-refractivity contribution >= 4 is 0 Å². The molecule has 0 amide bonds. The Morgan fingerprint density at radius 1 is 0.385 bits per heavy atom. The minimum absolute atomic E-state index is 0.137. The maximum Gasteiger partial charge on any atom is 0.0900 e. The van der Waals surface area contributed by atoms with Gasteiger partial charge in [-0.3, -0.25) is 19.6 Å². The highest BCUT2D eigenvalue weighted by Crippen LogP contribution is 2.07. The van der Waals surface area contributed by atoms with Gasteiger partial charge in [-0.05, 0) is 27.7 Å². The lowest BCUT2D eigenvalue weighted by atomic mass is 10.2. The zero-order valence-electron chi connectivity index (χ0n) is 32.6. The molecule has 308 valence electrons. The molecule has 0 aliphatic carbocycles. The number of aliphatic hydroxyl groups is 4. The second kappa shape index (κ2) is 27.0. The van der Waals surface area contributed by atoms with E-state index in [0.29, 0.717) is 52.6 Å². The molecular formula is C36H74N6O10. The lowest BCUT2D eigenvalue weighted by molar-refractivity contribution is -0.0833. The molecule has 0 aromatic rings. The van der Waals surface area contributed by atoms with Gasteiger partial charge in [-0.2, -0.15) is 0 Å². The molecule has 8 unspecified atom stereocenters. The van der Waals surface area contributed by atoms with Crippen molar-refractivity contribution in [1.29, 1.82) is 0 Å². The summed E-state index contributed by atoms with van der Waals surface area (Å²) in [7, 11) is 0. The van der Waals surface area contributed by atoms with E-state index >= 15 is 0 Å². The predicted octanol–water partition coefficient (Wildman–Crippen LogP) is -2.49. The highest BCUT2D eigenvalue weighted by atomic mass is 16.6. The summed E-state index contributed by atoms with van der Waals surface area (Å²) < 4.78 is 34.7. The fraction of sp³-hybridized carbons (Fsp3) is 1.00. The highest BCUT2D eigenvalue weighted by Gasteiger charge is 2.22. The van der Waals surface area contributed by atoms with Gasteiger partial charge in [0, 0.05) is 105 Å². The van der Waals surface area contributed by atoms with Crippen LogP contribution in [0.3, 0.4) is 0 Å². The van der Waals surface area contributed by atoms with Crippen LogP contribution in [0.25, 0.3) is 0 Å². The van der Waals surface area contributed by atoms with Crippen LogP contribution >= 0.6 is 0 Å². The minimum Gasteiger partial charge on any atom is -0.389 e. The van der Waals surface area contributed by atoms with E-state index in [1.54, 1.807) is 0 Å². The number of ether oxygens (including phenoxy) is 6. The van der Waals surface area contributed by atoms with Crippen molar-refractivity contribution in [2.24, 2.45) is 0 Å². The van der Waals surface area contributed by atoms with Crippen LogP contribution in [-0.2, 0) is 28.4 Å². The molecule has 8 atom stereocenters. The van der Waals surface area contributed by atoms with Crippen LogP contribution in [0.2, 0.25) is 0 Å². The topological polar surface area (TPSA) is 173 Å². The SMILES string of the molecule is CC(COCC(O)CN1CCN(CC(O)COCC(C)OCC(C)OCC(O)CN2CCNCC2)CC1)OCC(C)OCC(O)CN1CCNCC1. The summed E-state index contributed by atoms with van der Waals surface area (Å²) >= 11 is 0. The normalized spacial score (nSPS) is 23.5. The Morgan fingerprint density at radius 2 is 0.654 bits per heavy atom. The molecule has 0 radical (unpaired) electrons. The van der Waals surface area contributed by atoms with E-state index in [-0.39, 0.29) is 50.8 Å². The van der Waals surface area contributed by atoms with Crippen molar-refractivity contribution < 1.29 is 48.8 Å². The first-order chi connectivity index (χ1) is 25.0. The Balaban J connectivity index is 1.12. The maximum atomic E-state index is 10.5. The summed E-state index contributed by atoms with van der Waals surface area (Å²) in [6, 6.07) is 0. The summed E-state index contributed by atoms with van der Waals surface area (Å²) in [5.74, 6) is 0. The lowest BCUT2D eigenvalue weighted by Crippen LogP contribution is -2.51. The Kier molecular flexibility index (Phi) is 23.8. The first-order valence-electron chi connectivity index (χ1n) is 19.7. The predicted molar refractivity (Wildman–Crippen MR) is 199 cm³/mol. The molecule has 16 nitrogen and oxygen atoms in total. The molecule has 0 spiro atoms. The fourth-order valence-electron chi connectivity index (χ4n) is 6.43. The van der Waals surface area contributed by atoms with Crippen LogP contribution in [0.1, 0.15) is 27.7 Å². The van der Waals surface area contributed by atoms with E-state index < -0.39 is 24.4 Å². The van der Waals surface area contributed by atoms with E-state index in [9.17, 15) is 20.4 Å². The molecular weight excluding hydrogens is 676 g/mol. The third-order valence-corrected chi connectivity index (χ3v) is 9.46. The molecule has 3 heterocycles. The number of β-amino-alcohol motifs (C(OH)–C–C–N with tert-alkyl or cyclic N) is 4. The second-order valence-electron chi connectivity index (χ2n) is 15.0. The molecule has 6 N–H and O–H groups in total. The standard InChI is InChI=1S/C36H74N6O10/c1-29(49-23-31(3)51-27-35(45)19-39-9-5-37-6-10-39)21-47-25-33(43)17-41-13-15-42(16-14-41)18-34(44)26-48-22-30(2)50-24-32(4)52-28-36(46)20-40-11-7-38-8-12-40/h29-38,43-46H,5-28H2,1-4H3. The zero-order valence-corrected chi connectivity index (χ0v) is 32.6. The smallest absolute Gasteiger partial charge is 0.0900 e. The number of piperazine rings is 3. The van der Waals surface area contributed by atoms with Crippen LogP contribution in [0.4, 0.5) is 0 Å². The Morgan fingerprint density at radius 3 is 1.00 bits per heavy atom. The quantitative estimate of drug-likeness (QED) is 0.0496. The molecule has 3 aliphatic heterocycles. The van der Waals surface area contributed by atoms with Crippen LogP contribution < -0.4 is 10.6 Å². The first kappa shape index (κ1) is 45.7. The average Bonchev–Trinajstić information content (AvgIpc) is 3.13. The number of aliphatic hydroxyl groups excluding tert-OH is 4. The van der Waals surface area contributed by atoms with Crippen molar-refractivity contribution in [3.63, 3.8) is 0 Å². The van der Waals surface area contributed by atoms with Crippen molar-refractivity contribution in [3.05, 3.63) is 0 Å². The largest absolute Gasteiger partial charge is 0.389 e. The van der Waals surface area contributed by atoms with E-state index in [1.807, 2.05) is 27.7 Å². The Labute approximate surface area is 312 Å². The van der Waals surface area contributed by atoms with Gasteiger partial charge < -0.3 is 59.5 Å². The average molecular weight is 751 g/mol. The number of hydrogen-bond donors (Lipinski definition) is 6. The lowest BCUT2D eigenvalue weighted by Gasteiger charge is -2.36. The summed E-state index contributed by atoms with van der Waals surface area (Å²) in [5, 5.41) is 48.2. The molecule has 0 saturated carbocycles. The fourth-order valence-corrected chi connectivity index (χ4v) is 6.43. The van der Waals surface area contributed by atoms with Gasteiger partial charge in [-0.15, -0.1) is 0 Å². The Hall–Kier alpha value is -0.640. The molecule has 3 aliphatic rings. The van der Waals surface area contributed by atoms with Gasteiger partial charge >= 0.3 is 0 Å². The molecule has 0 bridgehead atoms. The van der Waals surface area contributed by atoms with Crippen molar-refractivity contribution in [2.45, 2.75) is 76.5 Å². The van der Waals surface area contributed by atoms with Crippen LogP contribution in [0.5, 0.6) is 0 Å². The molecule has 52 heavy (non-hydrogen) atoms. The monoisotopic (exact) mass is 751 g/mol. The number of hydrogen-bond acceptors (Lipinski definition) is 16.